The molecule has 0 spiro atoms. The van der Waals surface area contributed by atoms with Crippen LogP contribution in [0.2, 0.25) is 5.02 Å². The van der Waals surface area contributed by atoms with Gasteiger partial charge in [-0.15, -0.1) is 0 Å². The molecule has 14 heavy (non-hydrogen) atoms. The van der Waals surface area contributed by atoms with Crippen molar-refractivity contribution in [2.45, 2.75) is 13.8 Å². The van der Waals surface area contributed by atoms with E-state index in [-0.39, 0.29) is 5.56 Å². The fourth-order valence-corrected chi connectivity index (χ4v) is 1.47. The lowest BCUT2D eigenvalue weighted by molar-refractivity contribution is 0.984. The number of rotatable bonds is 0. The number of fused-ring (bicyclic) bond motifs is 1. The Morgan fingerprint density at radius 2 is 2.14 bits per heavy atom. The third kappa shape index (κ3) is 1.30. The zero-order valence-electron chi connectivity index (χ0n) is 7.91. The van der Waals surface area contributed by atoms with Gasteiger partial charge in [-0.05, 0) is 19.9 Å². The van der Waals surface area contributed by atoms with Crippen LogP contribution < -0.4 is 5.56 Å². The van der Waals surface area contributed by atoms with Gasteiger partial charge in [0.15, 0.2) is 0 Å². The van der Waals surface area contributed by atoms with Crippen LogP contribution in [0.4, 0.5) is 0 Å². The fourth-order valence-electron chi connectivity index (χ4n) is 1.31. The van der Waals surface area contributed by atoms with Crippen LogP contribution in [-0.2, 0) is 0 Å². The topological polar surface area (TPSA) is 34.4 Å². The van der Waals surface area contributed by atoms with Crippen molar-refractivity contribution < 1.29 is 0 Å². The van der Waals surface area contributed by atoms with Crippen LogP contribution in [0.1, 0.15) is 11.3 Å². The van der Waals surface area contributed by atoms with Crippen molar-refractivity contribution in [2.75, 3.05) is 0 Å². The quantitative estimate of drug-likeness (QED) is 0.664. The highest BCUT2D eigenvalue weighted by Gasteiger charge is 2.04. The number of aromatic nitrogens is 2. The number of nitrogens with zero attached hydrogens (tertiary/aromatic N) is 2. The molecule has 0 fully saturated rings. The van der Waals surface area contributed by atoms with Crippen molar-refractivity contribution in [3.63, 3.8) is 0 Å². The average Bonchev–Trinajstić information content (AvgIpc) is 2.14. The van der Waals surface area contributed by atoms with Crippen molar-refractivity contribution in [1.29, 1.82) is 0 Å². The maximum Gasteiger partial charge on any atom is 0.260 e. The summed E-state index contributed by atoms with van der Waals surface area (Å²) >= 11 is 5.81. The molecule has 3 nitrogen and oxygen atoms in total. The van der Waals surface area contributed by atoms with Crippen molar-refractivity contribution in [1.82, 2.24) is 9.38 Å². The molecule has 0 N–H and O–H groups in total. The molecule has 0 bridgehead atoms. The Hall–Kier alpha value is -1.35. The van der Waals surface area contributed by atoms with Crippen LogP contribution in [0.5, 0.6) is 0 Å². The van der Waals surface area contributed by atoms with E-state index in [9.17, 15) is 4.79 Å². The normalized spacial score (nSPS) is 10.8. The van der Waals surface area contributed by atoms with Crippen molar-refractivity contribution in [3.05, 3.63) is 45.0 Å². The summed E-state index contributed by atoms with van der Waals surface area (Å²) in [4.78, 5) is 16.0. The van der Waals surface area contributed by atoms with Crippen molar-refractivity contribution in [2.24, 2.45) is 0 Å². The molecule has 0 atom stereocenters. The lowest BCUT2D eigenvalue weighted by atomic mass is 10.2. The largest absolute Gasteiger partial charge is 0.269 e. The van der Waals surface area contributed by atoms with Gasteiger partial charge in [-0.1, -0.05) is 11.6 Å². The van der Waals surface area contributed by atoms with Gasteiger partial charge in [-0.25, -0.2) is 4.98 Å². The van der Waals surface area contributed by atoms with Gasteiger partial charge in [0.2, 0.25) is 0 Å². The number of hydrogen-bond donors (Lipinski definition) is 0. The highest BCUT2D eigenvalue weighted by atomic mass is 35.5. The molecule has 0 radical (unpaired) electrons. The van der Waals surface area contributed by atoms with Gasteiger partial charge in [0.05, 0.1) is 0 Å². The second kappa shape index (κ2) is 3.10. The Bertz CT molecular complexity index is 560. The molecule has 0 aromatic carbocycles. The number of halogens is 1. The van der Waals surface area contributed by atoms with Crippen LogP contribution in [0.15, 0.2) is 23.1 Å². The summed E-state index contributed by atoms with van der Waals surface area (Å²) in [7, 11) is 0. The van der Waals surface area contributed by atoms with Gasteiger partial charge in [0.25, 0.3) is 5.56 Å². The van der Waals surface area contributed by atoms with E-state index in [0.29, 0.717) is 16.2 Å². The van der Waals surface area contributed by atoms with E-state index in [0.717, 1.165) is 5.69 Å². The van der Waals surface area contributed by atoms with Crippen LogP contribution in [-0.4, -0.2) is 9.38 Å². The van der Waals surface area contributed by atoms with Gasteiger partial charge in [0, 0.05) is 28.5 Å². The van der Waals surface area contributed by atoms with Gasteiger partial charge >= 0.3 is 0 Å². The molecule has 2 heterocycles. The van der Waals surface area contributed by atoms with Crippen molar-refractivity contribution in [3.8, 4) is 0 Å². The van der Waals surface area contributed by atoms with Gasteiger partial charge in [-0.3, -0.25) is 9.20 Å². The van der Waals surface area contributed by atoms with E-state index in [1.807, 2.05) is 6.92 Å². The Kier molecular flexibility index (Phi) is 2.04. The summed E-state index contributed by atoms with van der Waals surface area (Å²) in [5.41, 5.74) is 1.97. The number of hydrogen-bond acceptors (Lipinski definition) is 2. The fraction of sp³-hybridized carbons (Fsp3) is 0.200. The van der Waals surface area contributed by atoms with Crippen LogP contribution >= 0.6 is 11.6 Å². The summed E-state index contributed by atoms with van der Waals surface area (Å²) in [5.74, 6) is 0. The Morgan fingerprint density at radius 3 is 2.86 bits per heavy atom. The zero-order valence-corrected chi connectivity index (χ0v) is 8.67. The minimum Gasteiger partial charge on any atom is -0.269 e. The summed E-state index contributed by atoms with van der Waals surface area (Å²) in [6.07, 6.45) is 1.64. The maximum absolute atomic E-state index is 11.7. The first-order chi connectivity index (χ1) is 6.59. The van der Waals surface area contributed by atoms with E-state index in [1.54, 1.807) is 25.3 Å². The van der Waals surface area contributed by atoms with Crippen LogP contribution in [0.3, 0.4) is 0 Å². The summed E-state index contributed by atoms with van der Waals surface area (Å²) in [6, 6.07) is 3.35. The first-order valence-corrected chi connectivity index (χ1v) is 4.62. The summed E-state index contributed by atoms with van der Waals surface area (Å²) in [5, 5.41) is 0.583. The lowest BCUT2D eigenvalue weighted by Crippen LogP contribution is -2.18. The van der Waals surface area contributed by atoms with Gasteiger partial charge in [0.1, 0.15) is 5.65 Å². The first kappa shape index (κ1) is 9.21. The zero-order chi connectivity index (χ0) is 10.3. The standard InChI is InChI=1S/C10H9ClN2O/c1-6-7(2)12-9-5-8(11)3-4-13(9)10(6)14/h3-5H,1-2H3. The SMILES string of the molecule is Cc1nc2cc(Cl)ccn2c(=O)c1C. The van der Waals surface area contributed by atoms with Crippen molar-refractivity contribution >= 4 is 17.2 Å². The molecule has 0 unspecified atom stereocenters. The Labute approximate surface area is 86.0 Å². The highest BCUT2D eigenvalue weighted by Crippen LogP contribution is 2.10. The predicted octanol–water partition coefficient (Wildman–Crippen LogP) is 1.96. The summed E-state index contributed by atoms with van der Waals surface area (Å²) < 4.78 is 1.49. The molecular weight excluding hydrogens is 200 g/mol. The molecule has 4 heteroatoms. The smallest absolute Gasteiger partial charge is 0.260 e. The highest BCUT2D eigenvalue weighted by molar-refractivity contribution is 6.30. The average molecular weight is 209 g/mol. The van der Waals surface area contributed by atoms with Gasteiger partial charge in [-0.2, -0.15) is 0 Å². The molecule has 2 aromatic rings. The van der Waals surface area contributed by atoms with E-state index in [2.05, 4.69) is 4.98 Å². The van der Waals surface area contributed by atoms with Crippen LogP contribution in [0, 0.1) is 13.8 Å². The molecule has 0 saturated carbocycles. The number of pyridine rings is 1. The molecule has 0 aliphatic heterocycles. The monoisotopic (exact) mass is 208 g/mol. The minimum atomic E-state index is -0.0378. The molecule has 0 saturated heterocycles. The molecule has 72 valence electrons. The van der Waals surface area contributed by atoms with Gasteiger partial charge < -0.3 is 0 Å². The molecule has 0 amide bonds. The molecule has 0 aliphatic rings. The van der Waals surface area contributed by atoms with Crippen LogP contribution in [0.25, 0.3) is 5.65 Å². The van der Waals surface area contributed by atoms with E-state index < -0.39 is 0 Å². The Morgan fingerprint density at radius 1 is 1.43 bits per heavy atom. The Balaban J connectivity index is 2.98. The molecule has 0 aliphatic carbocycles. The molecule has 2 aromatic heterocycles. The third-order valence-corrected chi connectivity index (χ3v) is 2.50. The summed E-state index contributed by atoms with van der Waals surface area (Å²) in [6.45, 7) is 3.59. The van der Waals surface area contributed by atoms with E-state index in [1.165, 1.54) is 4.40 Å². The molecular formula is C10H9ClN2O. The second-order valence-corrected chi connectivity index (χ2v) is 3.64. The van der Waals surface area contributed by atoms with E-state index >= 15 is 0 Å². The number of aryl methyl sites for hydroxylation is 1. The first-order valence-electron chi connectivity index (χ1n) is 4.25. The third-order valence-electron chi connectivity index (χ3n) is 2.26. The minimum absolute atomic E-state index is 0.0378. The molecule has 2 rings (SSSR count). The lowest BCUT2D eigenvalue weighted by Gasteiger charge is -2.03. The predicted molar refractivity (Wildman–Crippen MR) is 55.9 cm³/mol. The second-order valence-electron chi connectivity index (χ2n) is 3.20. The maximum atomic E-state index is 11.7. The van der Waals surface area contributed by atoms with E-state index in [4.69, 9.17) is 11.6 Å².